The summed E-state index contributed by atoms with van der Waals surface area (Å²) < 4.78 is 0.741. The molecule has 0 bridgehead atoms. The van der Waals surface area contributed by atoms with Gasteiger partial charge in [-0.3, -0.25) is 4.79 Å². The third kappa shape index (κ3) is 3.38. The predicted octanol–water partition coefficient (Wildman–Crippen LogP) is 2.73. The number of anilines is 1. The lowest BCUT2D eigenvalue weighted by molar-refractivity contribution is 0.0940. The van der Waals surface area contributed by atoms with Crippen molar-refractivity contribution < 1.29 is 4.79 Å². The fraction of sp³-hybridized carbons (Fsp3) is 0.250. The zero-order chi connectivity index (χ0) is 12.1. The number of carbonyl (C=O) groups excluding carboxylic acids is 1. The fourth-order valence-corrected chi connectivity index (χ4v) is 1.75. The Morgan fingerprint density at radius 1 is 1.69 bits per heavy atom. The van der Waals surface area contributed by atoms with Crippen LogP contribution in [0.25, 0.3) is 0 Å². The Labute approximate surface area is 104 Å². The second kappa shape index (κ2) is 5.70. The molecule has 0 saturated heterocycles. The predicted molar refractivity (Wildman–Crippen MR) is 70.3 cm³/mol. The van der Waals surface area contributed by atoms with E-state index in [1.807, 2.05) is 6.92 Å². The maximum absolute atomic E-state index is 11.9. The smallest absolute Gasteiger partial charge is 0.252 e. The maximum Gasteiger partial charge on any atom is 0.252 e. The zero-order valence-electron chi connectivity index (χ0n) is 9.16. The molecule has 1 aromatic rings. The highest BCUT2D eigenvalue weighted by Gasteiger charge is 2.12. The first kappa shape index (κ1) is 12.8. The molecule has 1 rings (SSSR count). The van der Waals surface area contributed by atoms with Gasteiger partial charge in [0.15, 0.2) is 0 Å². The van der Waals surface area contributed by atoms with Crippen LogP contribution in [0.1, 0.15) is 23.7 Å². The van der Waals surface area contributed by atoms with Crippen LogP contribution in [-0.2, 0) is 0 Å². The first-order valence-corrected chi connectivity index (χ1v) is 5.80. The quantitative estimate of drug-likeness (QED) is 0.659. The van der Waals surface area contributed by atoms with Crippen LogP contribution < -0.4 is 11.1 Å². The summed E-state index contributed by atoms with van der Waals surface area (Å²) in [6, 6.07) is 5.23. The molecule has 0 heterocycles. The molecule has 3 N–H and O–H groups in total. The summed E-state index contributed by atoms with van der Waals surface area (Å²) in [5.41, 5.74) is 6.76. The third-order valence-electron chi connectivity index (χ3n) is 2.13. The van der Waals surface area contributed by atoms with Crippen LogP contribution in [-0.4, -0.2) is 11.9 Å². The van der Waals surface area contributed by atoms with Gasteiger partial charge in [-0.05, 0) is 47.5 Å². The number of benzene rings is 1. The molecule has 1 aromatic carbocycles. The van der Waals surface area contributed by atoms with Gasteiger partial charge in [0.05, 0.1) is 5.56 Å². The van der Waals surface area contributed by atoms with E-state index in [4.69, 9.17) is 5.73 Å². The Bertz CT molecular complexity index is 404. The molecule has 1 atom stereocenters. The number of nitrogens with one attached hydrogen (secondary N) is 1. The van der Waals surface area contributed by atoms with Gasteiger partial charge < -0.3 is 11.1 Å². The highest BCUT2D eigenvalue weighted by Crippen LogP contribution is 2.19. The van der Waals surface area contributed by atoms with Crippen LogP contribution in [0.5, 0.6) is 0 Å². The monoisotopic (exact) mass is 282 g/mol. The number of halogens is 1. The van der Waals surface area contributed by atoms with Gasteiger partial charge >= 0.3 is 0 Å². The second-order valence-electron chi connectivity index (χ2n) is 3.64. The van der Waals surface area contributed by atoms with Gasteiger partial charge in [-0.1, -0.05) is 6.08 Å². The number of rotatable bonds is 4. The summed E-state index contributed by atoms with van der Waals surface area (Å²) >= 11 is 3.32. The number of nitrogen functional groups attached to an aromatic ring is 1. The molecule has 0 spiro atoms. The van der Waals surface area contributed by atoms with E-state index in [-0.39, 0.29) is 11.9 Å². The molecule has 0 aliphatic carbocycles. The number of amides is 1. The van der Waals surface area contributed by atoms with Crippen LogP contribution in [0.2, 0.25) is 0 Å². The van der Waals surface area contributed by atoms with Gasteiger partial charge in [0, 0.05) is 16.2 Å². The average Bonchev–Trinajstić information content (AvgIpc) is 2.21. The summed E-state index contributed by atoms with van der Waals surface area (Å²) in [6.45, 7) is 5.56. The average molecular weight is 283 g/mol. The van der Waals surface area contributed by atoms with Gasteiger partial charge in [-0.25, -0.2) is 0 Å². The molecule has 0 saturated carbocycles. The van der Waals surface area contributed by atoms with Gasteiger partial charge in [-0.15, -0.1) is 6.58 Å². The van der Waals surface area contributed by atoms with E-state index in [9.17, 15) is 4.79 Å². The minimum Gasteiger partial charge on any atom is -0.399 e. The lowest BCUT2D eigenvalue weighted by Crippen LogP contribution is -2.32. The summed E-state index contributed by atoms with van der Waals surface area (Å²) in [4.78, 5) is 11.9. The van der Waals surface area contributed by atoms with Crippen molar-refractivity contribution in [3.63, 3.8) is 0 Å². The van der Waals surface area contributed by atoms with E-state index in [0.717, 1.165) is 10.9 Å². The van der Waals surface area contributed by atoms with Crippen molar-refractivity contribution in [1.29, 1.82) is 0 Å². The van der Waals surface area contributed by atoms with E-state index >= 15 is 0 Å². The van der Waals surface area contributed by atoms with Crippen molar-refractivity contribution in [3.8, 4) is 0 Å². The van der Waals surface area contributed by atoms with Crippen LogP contribution >= 0.6 is 15.9 Å². The first-order chi connectivity index (χ1) is 7.54. The van der Waals surface area contributed by atoms with Crippen LogP contribution in [0.15, 0.2) is 35.3 Å². The molecule has 0 aromatic heterocycles. The van der Waals surface area contributed by atoms with Crippen LogP contribution in [0, 0.1) is 0 Å². The Morgan fingerprint density at radius 2 is 2.38 bits per heavy atom. The molecule has 16 heavy (non-hydrogen) atoms. The van der Waals surface area contributed by atoms with Gasteiger partial charge in [0.25, 0.3) is 5.91 Å². The largest absolute Gasteiger partial charge is 0.399 e. The lowest BCUT2D eigenvalue weighted by atomic mass is 10.1. The Balaban J connectivity index is 2.80. The maximum atomic E-state index is 11.9. The first-order valence-electron chi connectivity index (χ1n) is 5.01. The van der Waals surface area contributed by atoms with E-state index < -0.39 is 0 Å². The highest BCUT2D eigenvalue weighted by molar-refractivity contribution is 9.10. The van der Waals surface area contributed by atoms with Gasteiger partial charge in [-0.2, -0.15) is 0 Å². The van der Waals surface area contributed by atoms with Gasteiger partial charge in [0.1, 0.15) is 0 Å². The molecule has 0 aliphatic rings. The molecule has 1 amide bonds. The number of hydrogen-bond acceptors (Lipinski definition) is 2. The van der Waals surface area contributed by atoms with Crippen molar-refractivity contribution in [3.05, 3.63) is 40.9 Å². The van der Waals surface area contributed by atoms with Crippen molar-refractivity contribution in [2.24, 2.45) is 0 Å². The molecular formula is C12H15BrN2O. The summed E-state index contributed by atoms with van der Waals surface area (Å²) in [5.74, 6) is -0.131. The summed E-state index contributed by atoms with van der Waals surface area (Å²) in [5, 5.41) is 2.87. The molecule has 3 nitrogen and oxygen atoms in total. The van der Waals surface area contributed by atoms with Crippen molar-refractivity contribution in [1.82, 2.24) is 5.32 Å². The summed E-state index contributed by atoms with van der Waals surface area (Å²) in [6.07, 6.45) is 2.52. The van der Waals surface area contributed by atoms with E-state index in [1.165, 1.54) is 0 Å². The Kier molecular flexibility index (Phi) is 4.55. The molecule has 0 fully saturated rings. The summed E-state index contributed by atoms with van der Waals surface area (Å²) in [7, 11) is 0. The molecule has 0 radical (unpaired) electrons. The number of carbonyl (C=O) groups is 1. The minimum atomic E-state index is -0.131. The normalized spacial score (nSPS) is 11.9. The molecule has 86 valence electrons. The number of nitrogens with two attached hydrogens (primary N) is 1. The van der Waals surface area contributed by atoms with E-state index in [2.05, 4.69) is 27.8 Å². The molecular weight excluding hydrogens is 268 g/mol. The van der Waals surface area contributed by atoms with Crippen LogP contribution in [0.3, 0.4) is 0 Å². The third-order valence-corrected chi connectivity index (χ3v) is 2.82. The minimum absolute atomic E-state index is 0.0679. The molecule has 4 heteroatoms. The van der Waals surface area contributed by atoms with Crippen molar-refractivity contribution in [2.45, 2.75) is 19.4 Å². The van der Waals surface area contributed by atoms with Crippen LogP contribution in [0.4, 0.5) is 5.69 Å². The zero-order valence-corrected chi connectivity index (χ0v) is 10.8. The Hall–Kier alpha value is -1.29. The Morgan fingerprint density at radius 3 is 3.00 bits per heavy atom. The topological polar surface area (TPSA) is 55.1 Å². The SMILES string of the molecule is C=CCC(C)NC(=O)c1cc(N)ccc1Br. The fourth-order valence-electron chi connectivity index (χ4n) is 1.33. The highest BCUT2D eigenvalue weighted by atomic mass is 79.9. The van der Waals surface area contributed by atoms with Crippen molar-refractivity contribution in [2.75, 3.05) is 5.73 Å². The second-order valence-corrected chi connectivity index (χ2v) is 4.49. The molecule has 1 unspecified atom stereocenters. The van der Waals surface area contributed by atoms with Crippen molar-refractivity contribution >= 4 is 27.5 Å². The van der Waals surface area contributed by atoms with E-state index in [1.54, 1.807) is 24.3 Å². The van der Waals surface area contributed by atoms with E-state index in [0.29, 0.717) is 11.3 Å². The number of hydrogen-bond donors (Lipinski definition) is 2. The standard InChI is InChI=1S/C12H15BrN2O/c1-3-4-8(2)15-12(16)10-7-9(14)5-6-11(10)13/h3,5-8H,1,4,14H2,2H3,(H,15,16). The molecule has 0 aliphatic heterocycles. The lowest BCUT2D eigenvalue weighted by Gasteiger charge is -2.12. The van der Waals surface area contributed by atoms with Gasteiger partial charge in [0.2, 0.25) is 0 Å².